The van der Waals surface area contributed by atoms with Gasteiger partial charge in [0.05, 0.1) is 25.7 Å². The monoisotopic (exact) mass is 797 g/mol. The molecule has 19 heteroatoms. The normalized spacial score (nSPS) is 14.6. The minimum absolute atomic E-state index is 0.00218. The summed E-state index contributed by atoms with van der Waals surface area (Å²) in [5.74, 6) is -3.13. The third-order valence-corrected chi connectivity index (χ3v) is 4.89. The van der Waals surface area contributed by atoms with Gasteiger partial charge in [0, 0.05) is 18.5 Å². The van der Waals surface area contributed by atoms with Gasteiger partial charge in [-0.2, -0.15) is 0 Å². The average Bonchev–Trinajstić information content (AvgIpc) is 3.01. The molecule has 0 atom stereocenters. The zero-order valence-corrected chi connectivity index (χ0v) is 32.3. The molecule has 0 aliphatic carbocycles. The molecule has 2 rings (SSSR count). The van der Waals surface area contributed by atoms with Gasteiger partial charge in [-0.15, -0.1) is 0 Å². The number of esters is 2. The SMILES string of the molecule is C1OCOCO1.CCC(=O)Br.CCN(C(C)C)C(C)C.O=C(O)CCC(=O)O.O=C1CCC(=O)OCOCOCO1.[Cl][Zn][Cl]. The van der Waals surface area contributed by atoms with E-state index in [1.165, 1.54) is 0 Å². The van der Waals surface area contributed by atoms with Crippen molar-refractivity contribution in [2.24, 2.45) is 0 Å². The van der Waals surface area contributed by atoms with Gasteiger partial charge in [0.15, 0.2) is 45.5 Å². The van der Waals surface area contributed by atoms with Crippen molar-refractivity contribution in [2.75, 3.05) is 47.3 Å². The summed E-state index contributed by atoms with van der Waals surface area (Å²) in [5.41, 5.74) is 0. The second-order valence-corrected chi connectivity index (χ2v) is 13.9. The van der Waals surface area contributed by atoms with E-state index in [9.17, 15) is 24.0 Å². The number of hydrogen-bond acceptors (Lipinski definition) is 13. The molecule has 0 aromatic rings. The van der Waals surface area contributed by atoms with Crippen LogP contribution < -0.4 is 0 Å². The molecule has 0 amide bonds. The number of aliphatic carboxylic acids is 2. The molecule has 0 unspecified atom stereocenters. The molecule has 0 saturated carbocycles. The number of carbonyl (C=O) groups is 5. The van der Waals surface area contributed by atoms with Crippen molar-refractivity contribution >= 4 is 63.9 Å². The van der Waals surface area contributed by atoms with Gasteiger partial charge in [0.2, 0.25) is 0 Å². The van der Waals surface area contributed by atoms with Crippen molar-refractivity contribution in [1.29, 1.82) is 0 Å². The first-order valence-corrected chi connectivity index (χ1v) is 22.0. The second kappa shape index (κ2) is 38.2. The van der Waals surface area contributed by atoms with E-state index in [4.69, 9.17) is 39.1 Å². The predicted octanol–water partition coefficient (Wildman–Crippen LogP) is 4.45. The van der Waals surface area contributed by atoms with Crippen LogP contribution in [-0.2, 0) is 72.3 Å². The summed E-state index contributed by atoms with van der Waals surface area (Å²) >= 11 is 1.80. The van der Waals surface area contributed by atoms with E-state index >= 15 is 0 Å². The van der Waals surface area contributed by atoms with E-state index in [1.807, 2.05) is 0 Å². The van der Waals surface area contributed by atoms with Crippen molar-refractivity contribution < 1.29 is 82.5 Å². The van der Waals surface area contributed by atoms with E-state index in [-0.39, 0.29) is 50.8 Å². The number of rotatable bonds is 7. The molecule has 0 bridgehead atoms. The number of carboxylic acid groups (broad SMARTS) is 2. The molecule has 2 aliphatic rings. The van der Waals surface area contributed by atoms with Gasteiger partial charge in [-0.25, -0.2) is 0 Å². The van der Waals surface area contributed by atoms with Crippen LogP contribution in [-0.4, -0.2) is 103 Å². The van der Waals surface area contributed by atoms with Gasteiger partial charge in [0.25, 0.3) is 0 Å². The third-order valence-electron chi connectivity index (χ3n) is 4.33. The van der Waals surface area contributed by atoms with Crippen molar-refractivity contribution in [2.45, 2.75) is 85.7 Å². The fourth-order valence-corrected chi connectivity index (χ4v) is 2.51. The standard InChI is InChI=1S/C8H19N.C7H10O6.C4H6O4.C3H5BrO.C3H6O3.2ClH.Zn/c1-6-9(7(2)3)8(4)5;8-6-1-2-7(9)13-5-11-3-10-4-12-6;5-3(6)1-2-4(7)8;1-2-3(4)5;1-4-2-6-3-5-1;;;/h7-8H,6H2,1-5H3;1-5H2;1-2H2,(H,5,6)(H,7,8);2H2,1H3;1-3H2;2*1H;/q;;;;;;;+2/p-2. The van der Waals surface area contributed by atoms with Gasteiger partial charge in [-0.1, -0.05) is 13.8 Å². The molecule has 2 saturated heterocycles. The van der Waals surface area contributed by atoms with E-state index in [1.54, 1.807) is 6.92 Å². The first kappa shape index (κ1) is 49.9. The van der Waals surface area contributed by atoms with Crippen molar-refractivity contribution in [3.63, 3.8) is 0 Å². The summed E-state index contributed by atoms with van der Waals surface area (Å²) in [4.78, 5) is 53.1. The Hall–Kier alpha value is -1.01. The van der Waals surface area contributed by atoms with Crippen LogP contribution in [0.4, 0.5) is 0 Å². The molecule has 2 N–H and O–H groups in total. The Labute approximate surface area is 283 Å². The topological polar surface area (TPSA) is 194 Å². The fourth-order valence-electron chi connectivity index (χ4n) is 2.51. The van der Waals surface area contributed by atoms with E-state index in [0.717, 1.165) is 6.54 Å². The molecule has 2 heterocycles. The van der Waals surface area contributed by atoms with Crippen LogP contribution in [0, 0.1) is 0 Å². The summed E-state index contributed by atoms with van der Waals surface area (Å²) in [6.07, 6.45) is -0.00491. The van der Waals surface area contributed by atoms with Gasteiger partial charge in [-0.3, -0.25) is 28.9 Å². The predicted molar refractivity (Wildman–Crippen MR) is 159 cm³/mol. The zero-order chi connectivity index (χ0) is 34.8. The van der Waals surface area contributed by atoms with Crippen molar-refractivity contribution in [1.82, 2.24) is 4.90 Å². The summed E-state index contributed by atoms with van der Waals surface area (Å²) in [6, 6.07) is 1.38. The van der Waals surface area contributed by atoms with E-state index < -0.39 is 39.0 Å². The van der Waals surface area contributed by atoms with E-state index in [2.05, 4.69) is 79.1 Å². The Morgan fingerprint density at radius 1 is 0.750 bits per heavy atom. The summed E-state index contributed by atoms with van der Waals surface area (Å²) in [7, 11) is 9.90. The summed E-state index contributed by atoms with van der Waals surface area (Å²) < 4.78 is 32.5. The third kappa shape index (κ3) is 47.9. The molecule has 0 spiro atoms. The maximum absolute atomic E-state index is 10.8. The first-order chi connectivity index (χ1) is 20.7. The van der Waals surface area contributed by atoms with Gasteiger partial charge in [0.1, 0.15) is 0 Å². The Kier molecular flexibility index (Phi) is 43.3. The number of cyclic esters (lactones) is 2. The maximum atomic E-state index is 10.8. The van der Waals surface area contributed by atoms with Crippen molar-refractivity contribution in [3.8, 4) is 0 Å². The van der Waals surface area contributed by atoms with Gasteiger partial charge in [-0.05, 0) is 50.2 Å². The van der Waals surface area contributed by atoms with Crippen LogP contribution in [0.3, 0.4) is 0 Å². The van der Waals surface area contributed by atoms with Crippen LogP contribution in [0.25, 0.3) is 0 Å². The van der Waals surface area contributed by atoms with Crippen LogP contribution in [0.2, 0.25) is 0 Å². The van der Waals surface area contributed by atoms with Crippen LogP contribution >= 0.6 is 35.3 Å². The Morgan fingerprint density at radius 3 is 1.20 bits per heavy atom. The molecule has 2 fully saturated rings. The number of hydrogen-bond donors (Lipinski definition) is 2. The number of carboxylic acids is 2. The number of ether oxygens (including phenoxy) is 7. The van der Waals surface area contributed by atoms with Crippen LogP contribution in [0.5, 0.6) is 0 Å². The number of carbonyl (C=O) groups excluding carboxylic acids is 3. The van der Waals surface area contributed by atoms with Crippen molar-refractivity contribution in [3.05, 3.63) is 0 Å². The number of nitrogens with zero attached hydrogens (tertiary/aromatic N) is 1. The average molecular weight is 801 g/mol. The Bertz CT molecular complexity index is 681. The fraction of sp³-hybridized carbons (Fsp3) is 0.800. The molecule has 0 radical (unpaired) electrons. The molecular weight excluding hydrogens is 754 g/mol. The second-order valence-electron chi connectivity index (χ2n) is 8.38. The molecular formula is C25H46BrCl2NO14Zn. The Balaban J connectivity index is -0.000000230. The molecule has 2 aliphatic heterocycles. The molecule has 15 nitrogen and oxygen atoms in total. The minimum atomic E-state index is -1.08. The number of halogens is 3. The quantitative estimate of drug-likeness (QED) is 0.208. The van der Waals surface area contributed by atoms with Gasteiger partial charge < -0.3 is 43.4 Å². The zero-order valence-electron chi connectivity index (χ0n) is 26.2. The van der Waals surface area contributed by atoms with Crippen LogP contribution in [0.15, 0.2) is 0 Å². The Morgan fingerprint density at radius 2 is 1.02 bits per heavy atom. The van der Waals surface area contributed by atoms with Crippen LogP contribution in [0.1, 0.15) is 73.6 Å². The molecule has 258 valence electrons. The molecule has 44 heavy (non-hydrogen) atoms. The van der Waals surface area contributed by atoms with Gasteiger partial charge >= 0.3 is 58.4 Å². The summed E-state index contributed by atoms with van der Waals surface area (Å²) in [5, 5.41) is 15.8. The molecule has 0 aromatic carbocycles. The first-order valence-electron chi connectivity index (χ1n) is 13.4. The van der Waals surface area contributed by atoms with E-state index in [0.29, 0.717) is 38.9 Å². The molecule has 0 aromatic heterocycles. The summed E-state index contributed by atoms with van der Waals surface area (Å²) in [6.45, 7) is 14.9.